The highest BCUT2D eigenvalue weighted by Gasteiger charge is 2.17. The zero-order valence-corrected chi connectivity index (χ0v) is 17.7. The van der Waals surface area contributed by atoms with Crippen molar-refractivity contribution in [3.8, 4) is 5.75 Å². The second kappa shape index (κ2) is 9.60. The molecule has 0 spiro atoms. The van der Waals surface area contributed by atoms with Crippen molar-refractivity contribution in [2.45, 2.75) is 18.4 Å². The van der Waals surface area contributed by atoms with E-state index < -0.39 is 10.0 Å². The SMILES string of the molecule is Cc1ccc(OCCN(C)C(=O)c2ccc(S(=O)(=O)NCc3ccco3)cc2)cc1. The fraction of sp³-hybridized carbons (Fsp3) is 0.227. The summed E-state index contributed by atoms with van der Waals surface area (Å²) in [5.74, 6) is 1.05. The molecule has 1 N–H and O–H groups in total. The average Bonchev–Trinajstić information content (AvgIpc) is 3.27. The summed E-state index contributed by atoms with van der Waals surface area (Å²) in [5, 5.41) is 0. The zero-order valence-electron chi connectivity index (χ0n) is 16.9. The zero-order chi connectivity index (χ0) is 21.6. The van der Waals surface area contributed by atoms with Crippen molar-refractivity contribution in [2.75, 3.05) is 20.2 Å². The van der Waals surface area contributed by atoms with Crippen molar-refractivity contribution in [3.05, 3.63) is 83.8 Å². The topological polar surface area (TPSA) is 88.8 Å². The first-order valence-corrected chi connectivity index (χ1v) is 10.9. The van der Waals surface area contributed by atoms with Gasteiger partial charge in [-0.25, -0.2) is 13.1 Å². The third kappa shape index (κ3) is 5.71. The Kier molecular flexibility index (Phi) is 6.91. The molecule has 0 bridgehead atoms. The number of sulfonamides is 1. The number of nitrogens with zero attached hydrogens (tertiary/aromatic N) is 1. The van der Waals surface area contributed by atoms with Crippen LogP contribution in [0.5, 0.6) is 5.75 Å². The molecule has 0 fully saturated rings. The summed E-state index contributed by atoms with van der Waals surface area (Å²) in [7, 11) is -2.02. The van der Waals surface area contributed by atoms with Gasteiger partial charge in [-0.3, -0.25) is 4.79 Å². The van der Waals surface area contributed by atoms with E-state index in [1.165, 1.54) is 35.4 Å². The number of hydrogen-bond donors (Lipinski definition) is 1. The van der Waals surface area contributed by atoms with Crippen LogP contribution in [0.25, 0.3) is 0 Å². The highest BCUT2D eigenvalue weighted by Crippen LogP contribution is 2.14. The first-order valence-electron chi connectivity index (χ1n) is 9.42. The molecule has 2 aromatic carbocycles. The van der Waals surface area contributed by atoms with Crippen LogP contribution >= 0.6 is 0 Å². The summed E-state index contributed by atoms with van der Waals surface area (Å²) in [4.78, 5) is 14.2. The Morgan fingerprint density at radius 2 is 1.77 bits per heavy atom. The predicted octanol–water partition coefficient (Wildman–Crippen LogP) is 3.22. The van der Waals surface area contributed by atoms with Crippen LogP contribution in [0, 0.1) is 6.92 Å². The van der Waals surface area contributed by atoms with Crippen LogP contribution < -0.4 is 9.46 Å². The van der Waals surface area contributed by atoms with Crippen LogP contribution in [0.3, 0.4) is 0 Å². The number of aryl methyl sites for hydroxylation is 1. The van der Waals surface area contributed by atoms with Crippen LogP contribution in [0.1, 0.15) is 21.7 Å². The molecule has 0 aliphatic carbocycles. The van der Waals surface area contributed by atoms with E-state index >= 15 is 0 Å². The maximum Gasteiger partial charge on any atom is 0.253 e. The third-order valence-corrected chi connectivity index (χ3v) is 5.91. The summed E-state index contributed by atoms with van der Waals surface area (Å²) in [6, 6.07) is 16.9. The maximum atomic E-state index is 12.6. The van der Waals surface area contributed by atoms with Crippen LogP contribution in [0.4, 0.5) is 0 Å². The number of benzene rings is 2. The quantitative estimate of drug-likeness (QED) is 0.565. The number of hydrogen-bond acceptors (Lipinski definition) is 5. The third-order valence-electron chi connectivity index (χ3n) is 4.49. The number of carbonyl (C=O) groups is 1. The smallest absolute Gasteiger partial charge is 0.253 e. The molecule has 3 rings (SSSR count). The molecule has 0 saturated carbocycles. The fourth-order valence-corrected chi connectivity index (χ4v) is 3.69. The van der Waals surface area contributed by atoms with E-state index in [4.69, 9.17) is 9.15 Å². The van der Waals surface area contributed by atoms with Gasteiger partial charge in [0.25, 0.3) is 5.91 Å². The largest absolute Gasteiger partial charge is 0.492 e. The molecule has 8 heteroatoms. The molecular weight excluding hydrogens is 404 g/mol. The monoisotopic (exact) mass is 428 g/mol. The average molecular weight is 429 g/mol. The van der Waals surface area contributed by atoms with Gasteiger partial charge in [0.2, 0.25) is 10.0 Å². The molecule has 0 aliphatic heterocycles. The summed E-state index contributed by atoms with van der Waals surface area (Å²) in [6.45, 7) is 2.81. The molecule has 1 heterocycles. The lowest BCUT2D eigenvalue weighted by Gasteiger charge is -2.18. The lowest BCUT2D eigenvalue weighted by Crippen LogP contribution is -2.31. The van der Waals surface area contributed by atoms with Gasteiger partial charge >= 0.3 is 0 Å². The van der Waals surface area contributed by atoms with E-state index in [0.29, 0.717) is 24.5 Å². The molecule has 7 nitrogen and oxygen atoms in total. The Hall–Kier alpha value is -3.10. The summed E-state index contributed by atoms with van der Waals surface area (Å²) >= 11 is 0. The van der Waals surface area contributed by atoms with Gasteiger partial charge in [0.1, 0.15) is 18.1 Å². The number of furan rings is 1. The van der Waals surface area contributed by atoms with Gasteiger partial charge in [0.15, 0.2) is 0 Å². The van der Waals surface area contributed by atoms with Gasteiger partial charge in [0.05, 0.1) is 24.2 Å². The van der Waals surface area contributed by atoms with E-state index in [-0.39, 0.29) is 17.3 Å². The number of likely N-dealkylation sites (N-methyl/N-ethyl adjacent to an activating group) is 1. The Labute approximate surface area is 176 Å². The van der Waals surface area contributed by atoms with Crippen LogP contribution in [-0.4, -0.2) is 39.4 Å². The summed E-state index contributed by atoms with van der Waals surface area (Å²) in [5.41, 5.74) is 1.55. The molecule has 0 saturated heterocycles. The minimum Gasteiger partial charge on any atom is -0.492 e. The Balaban J connectivity index is 1.53. The van der Waals surface area contributed by atoms with Crippen LogP contribution in [-0.2, 0) is 16.6 Å². The van der Waals surface area contributed by atoms with E-state index in [1.54, 1.807) is 19.2 Å². The van der Waals surface area contributed by atoms with Gasteiger partial charge in [-0.1, -0.05) is 17.7 Å². The fourth-order valence-electron chi connectivity index (χ4n) is 2.70. The molecule has 30 heavy (non-hydrogen) atoms. The minimum atomic E-state index is -3.70. The number of nitrogens with one attached hydrogen (secondary N) is 1. The second-order valence-electron chi connectivity index (χ2n) is 6.82. The first-order chi connectivity index (χ1) is 14.3. The normalized spacial score (nSPS) is 11.3. The van der Waals surface area contributed by atoms with Gasteiger partial charge in [-0.2, -0.15) is 0 Å². The van der Waals surface area contributed by atoms with Gasteiger partial charge < -0.3 is 14.1 Å². The Morgan fingerprint density at radius 1 is 1.07 bits per heavy atom. The standard InChI is InChI=1S/C22H24N2O5S/c1-17-5-9-19(10-6-17)29-15-13-24(2)22(25)18-7-11-21(12-8-18)30(26,27)23-16-20-4-3-14-28-20/h3-12,14,23H,13,15-16H2,1-2H3. The van der Waals surface area contributed by atoms with Crippen molar-refractivity contribution in [3.63, 3.8) is 0 Å². The predicted molar refractivity (Wildman–Crippen MR) is 113 cm³/mol. The van der Waals surface area contributed by atoms with Gasteiger partial charge in [0, 0.05) is 12.6 Å². The molecule has 0 atom stereocenters. The lowest BCUT2D eigenvalue weighted by molar-refractivity contribution is 0.0773. The molecule has 1 amide bonds. The molecule has 0 radical (unpaired) electrons. The Bertz CT molecular complexity index is 1060. The van der Waals surface area contributed by atoms with Gasteiger partial charge in [-0.05, 0) is 55.5 Å². The lowest BCUT2D eigenvalue weighted by atomic mass is 10.2. The minimum absolute atomic E-state index is 0.0553. The summed E-state index contributed by atoms with van der Waals surface area (Å²) < 4.78 is 38.0. The van der Waals surface area contributed by atoms with Crippen molar-refractivity contribution in [1.82, 2.24) is 9.62 Å². The van der Waals surface area contributed by atoms with Crippen molar-refractivity contribution in [1.29, 1.82) is 0 Å². The molecule has 1 aromatic heterocycles. The van der Waals surface area contributed by atoms with E-state index in [9.17, 15) is 13.2 Å². The highest BCUT2D eigenvalue weighted by atomic mass is 32.2. The molecule has 0 unspecified atom stereocenters. The molecule has 3 aromatic rings. The number of rotatable bonds is 9. The van der Waals surface area contributed by atoms with E-state index in [0.717, 1.165) is 11.3 Å². The molecule has 158 valence electrons. The summed E-state index contributed by atoms with van der Waals surface area (Å²) in [6.07, 6.45) is 1.48. The number of amides is 1. The van der Waals surface area contributed by atoms with Crippen LogP contribution in [0.15, 0.2) is 76.2 Å². The Morgan fingerprint density at radius 3 is 2.40 bits per heavy atom. The number of carbonyl (C=O) groups excluding carboxylic acids is 1. The molecule has 0 aliphatic rings. The van der Waals surface area contributed by atoms with Crippen molar-refractivity contribution >= 4 is 15.9 Å². The highest BCUT2D eigenvalue weighted by molar-refractivity contribution is 7.89. The van der Waals surface area contributed by atoms with Crippen molar-refractivity contribution in [2.24, 2.45) is 0 Å². The van der Waals surface area contributed by atoms with Crippen LogP contribution in [0.2, 0.25) is 0 Å². The molecular formula is C22H24N2O5S. The van der Waals surface area contributed by atoms with E-state index in [1.807, 2.05) is 31.2 Å². The maximum absolute atomic E-state index is 12.6. The first kappa shape index (κ1) is 21.6. The van der Waals surface area contributed by atoms with Gasteiger partial charge in [-0.15, -0.1) is 0 Å². The second-order valence-corrected chi connectivity index (χ2v) is 8.58. The van der Waals surface area contributed by atoms with E-state index in [2.05, 4.69) is 4.72 Å². The number of ether oxygens (including phenoxy) is 1. The van der Waals surface area contributed by atoms with Crippen molar-refractivity contribution < 1.29 is 22.4 Å².